The smallest absolute Gasteiger partial charge is 0.420 e. The van der Waals surface area contributed by atoms with Crippen LogP contribution in [0.25, 0.3) is 0 Å². The van der Waals surface area contributed by atoms with E-state index in [4.69, 9.17) is 15.2 Å². The van der Waals surface area contributed by atoms with E-state index < -0.39 is 11.7 Å². The molecule has 21 heavy (non-hydrogen) atoms. The number of aromatic nitrogens is 2. The molecule has 0 fully saturated rings. The monoisotopic (exact) mass is 299 g/mol. The molecule has 2 N–H and O–H groups in total. The Labute approximate surface area is 118 Å². The number of benzene rings is 1. The van der Waals surface area contributed by atoms with Crippen molar-refractivity contribution < 1.29 is 22.6 Å². The molecule has 1 aromatic heterocycles. The Morgan fingerprint density at radius 3 is 2.48 bits per heavy atom. The normalized spacial score (nSPS) is 11.3. The minimum atomic E-state index is -4.57. The van der Waals surface area contributed by atoms with Gasteiger partial charge in [-0.3, -0.25) is 4.98 Å². The first-order valence-corrected chi connectivity index (χ1v) is 5.88. The van der Waals surface area contributed by atoms with Gasteiger partial charge in [-0.05, 0) is 18.2 Å². The molecule has 1 aromatic carbocycles. The van der Waals surface area contributed by atoms with E-state index >= 15 is 0 Å². The van der Waals surface area contributed by atoms with Gasteiger partial charge in [0, 0.05) is 6.54 Å². The van der Waals surface area contributed by atoms with Gasteiger partial charge in [0.05, 0.1) is 25.2 Å². The van der Waals surface area contributed by atoms with Gasteiger partial charge in [0.2, 0.25) is 5.88 Å². The van der Waals surface area contributed by atoms with E-state index in [0.717, 1.165) is 6.07 Å². The lowest BCUT2D eigenvalue weighted by Crippen LogP contribution is -2.08. The summed E-state index contributed by atoms with van der Waals surface area (Å²) in [5, 5.41) is 0. The van der Waals surface area contributed by atoms with Crippen LogP contribution in [0.5, 0.6) is 17.4 Å². The van der Waals surface area contributed by atoms with Crippen molar-refractivity contribution in [3.63, 3.8) is 0 Å². The van der Waals surface area contributed by atoms with Crippen LogP contribution in [-0.2, 0) is 12.7 Å². The Kier molecular flexibility index (Phi) is 4.27. The van der Waals surface area contributed by atoms with Gasteiger partial charge in [0.15, 0.2) is 0 Å². The van der Waals surface area contributed by atoms with Crippen LogP contribution >= 0.6 is 0 Å². The first kappa shape index (κ1) is 15.0. The molecule has 1 heterocycles. The number of alkyl halides is 3. The topological polar surface area (TPSA) is 70.3 Å². The number of nitrogens with two attached hydrogens (primary N) is 1. The fourth-order valence-electron chi connectivity index (χ4n) is 1.56. The zero-order valence-electron chi connectivity index (χ0n) is 11.0. The van der Waals surface area contributed by atoms with E-state index in [1.807, 2.05) is 0 Å². The van der Waals surface area contributed by atoms with Gasteiger partial charge in [0.1, 0.15) is 17.1 Å². The summed E-state index contributed by atoms with van der Waals surface area (Å²) < 4.78 is 48.9. The summed E-state index contributed by atoms with van der Waals surface area (Å²) >= 11 is 0. The third-order valence-corrected chi connectivity index (χ3v) is 2.60. The quantitative estimate of drug-likeness (QED) is 0.940. The Bertz CT molecular complexity index is 615. The first-order chi connectivity index (χ1) is 9.94. The van der Waals surface area contributed by atoms with Crippen LogP contribution < -0.4 is 15.2 Å². The summed E-state index contributed by atoms with van der Waals surface area (Å²) in [6.45, 7) is 0.184. The van der Waals surface area contributed by atoms with Crippen LogP contribution in [0.1, 0.15) is 11.3 Å². The van der Waals surface area contributed by atoms with Crippen LogP contribution in [0.2, 0.25) is 0 Å². The second-order valence-electron chi connectivity index (χ2n) is 4.01. The molecule has 0 saturated carbocycles. The number of nitrogens with zero attached hydrogens (tertiary/aromatic N) is 2. The van der Waals surface area contributed by atoms with Crippen molar-refractivity contribution >= 4 is 0 Å². The molecule has 0 saturated heterocycles. The minimum absolute atomic E-state index is 0.0529. The number of methoxy groups -OCH3 is 1. The largest absolute Gasteiger partial charge is 0.497 e. The maximum absolute atomic E-state index is 13.0. The predicted octanol–water partition coefficient (Wildman–Crippen LogP) is 2.75. The van der Waals surface area contributed by atoms with Crippen molar-refractivity contribution in [2.45, 2.75) is 12.7 Å². The molecule has 0 aliphatic carbocycles. The van der Waals surface area contributed by atoms with E-state index in [9.17, 15) is 13.2 Å². The van der Waals surface area contributed by atoms with Crippen molar-refractivity contribution in [2.75, 3.05) is 7.11 Å². The molecule has 0 aliphatic heterocycles. The van der Waals surface area contributed by atoms with Crippen LogP contribution in [0.4, 0.5) is 13.2 Å². The zero-order valence-corrected chi connectivity index (χ0v) is 11.0. The summed E-state index contributed by atoms with van der Waals surface area (Å²) in [5.41, 5.74) is 4.91. The van der Waals surface area contributed by atoms with Gasteiger partial charge in [-0.15, -0.1) is 0 Å². The number of hydrogen-bond donors (Lipinski definition) is 1. The van der Waals surface area contributed by atoms with Crippen LogP contribution in [0, 0.1) is 0 Å². The van der Waals surface area contributed by atoms with Crippen molar-refractivity contribution in [2.24, 2.45) is 5.73 Å². The lowest BCUT2D eigenvalue weighted by atomic mass is 10.2. The molecule has 5 nitrogen and oxygen atoms in total. The number of ether oxygens (including phenoxy) is 2. The summed E-state index contributed by atoms with van der Waals surface area (Å²) in [6, 6.07) is 3.39. The zero-order chi connectivity index (χ0) is 15.5. The molecule has 0 radical (unpaired) electrons. The van der Waals surface area contributed by atoms with Gasteiger partial charge in [0.25, 0.3) is 0 Å². The predicted molar refractivity (Wildman–Crippen MR) is 68.0 cm³/mol. The van der Waals surface area contributed by atoms with Gasteiger partial charge in [-0.25, -0.2) is 4.98 Å². The average molecular weight is 299 g/mol. The van der Waals surface area contributed by atoms with E-state index in [2.05, 4.69) is 9.97 Å². The summed E-state index contributed by atoms with van der Waals surface area (Å²) in [5.74, 6) is -0.347. The number of hydrogen-bond acceptors (Lipinski definition) is 5. The standard InChI is InChI=1S/C13H12F3N3O2/c1-20-9-2-3-11(10(4-9)13(14,15)16)21-12-7-18-8(5-17)6-19-12/h2-4,6-7H,5,17H2,1H3. The van der Waals surface area contributed by atoms with Crippen LogP contribution in [0.15, 0.2) is 30.6 Å². The summed E-state index contributed by atoms with van der Waals surface area (Å²) in [6.07, 6.45) is -2.02. The first-order valence-electron chi connectivity index (χ1n) is 5.88. The maximum atomic E-state index is 13.0. The third kappa shape index (κ3) is 3.60. The minimum Gasteiger partial charge on any atom is -0.497 e. The summed E-state index contributed by atoms with van der Waals surface area (Å²) in [4.78, 5) is 7.75. The van der Waals surface area contributed by atoms with Crippen molar-refractivity contribution in [3.05, 3.63) is 41.9 Å². The van der Waals surface area contributed by atoms with E-state index in [-0.39, 0.29) is 23.9 Å². The molecular weight excluding hydrogens is 287 g/mol. The van der Waals surface area contributed by atoms with Gasteiger partial charge in [-0.2, -0.15) is 13.2 Å². The van der Waals surface area contributed by atoms with Gasteiger partial charge in [-0.1, -0.05) is 0 Å². The number of rotatable bonds is 4. The molecule has 112 valence electrons. The molecule has 2 rings (SSSR count). The SMILES string of the molecule is COc1ccc(Oc2cnc(CN)cn2)c(C(F)(F)F)c1. The highest BCUT2D eigenvalue weighted by atomic mass is 19.4. The van der Waals surface area contributed by atoms with Gasteiger partial charge < -0.3 is 15.2 Å². The van der Waals surface area contributed by atoms with E-state index in [1.54, 1.807) is 0 Å². The molecule has 0 atom stereocenters. The Morgan fingerprint density at radius 1 is 1.19 bits per heavy atom. The molecule has 8 heteroatoms. The lowest BCUT2D eigenvalue weighted by Gasteiger charge is -2.14. The molecular formula is C13H12F3N3O2. The van der Waals surface area contributed by atoms with Crippen molar-refractivity contribution in [3.8, 4) is 17.4 Å². The maximum Gasteiger partial charge on any atom is 0.420 e. The molecule has 0 bridgehead atoms. The molecule has 0 unspecified atom stereocenters. The fourth-order valence-corrected chi connectivity index (χ4v) is 1.56. The van der Waals surface area contributed by atoms with E-state index in [0.29, 0.717) is 5.69 Å². The molecule has 0 amide bonds. The highest BCUT2D eigenvalue weighted by molar-refractivity contribution is 5.43. The lowest BCUT2D eigenvalue weighted by molar-refractivity contribution is -0.138. The third-order valence-electron chi connectivity index (χ3n) is 2.60. The van der Waals surface area contributed by atoms with Crippen molar-refractivity contribution in [1.82, 2.24) is 9.97 Å². The average Bonchev–Trinajstić information content (AvgIpc) is 2.47. The molecule has 0 aliphatic rings. The van der Waals surface area contributed by atoms with Gasteiger partial charge >= 0.3 is 6.18 Å². The second-order valence-corrected chi connectivity index (χ2v) is 4.01. The van der Waals surface area contributed by atoms with Crippen LogP contribution in [0.3, 0.4) is 0 Å². The Hall–Kier alpha value is -2.35. The summed E-state index contributed by atoms with van der Waals surface area (Å²) in [7, 11) is 1.28. The highest BCUT2D eigenvalue weighted by Gasteiger charge is 2.35. The molecule has 2 aromatic rings. The van der Waals surface area contributed by atoms with Crippen LogP contribution in [-0.4, -0.2) is 17.1 Å². The fraction of sp³-hybridized carbons (Fsp3) is 0.231. The van der Waals surface area contributed by atoms with E-state index in [1.165, 1.54) is 31.6 Å². The number of halogens is 3. The Balaban J connectivity index is 2.34. The second kappa shape index (κ2) is 5.96. The van der Waals surface area contributed by atoms with Crippen molar-refractivity contribution in [1.29, 1.82) is 0 Å². The Morgan fingerprint density at radius 2 is 1.95 bits per heavy atom. The highest BCUT2D eigenvalue weighted by Crippen LogP contribution is 2.39. The molecule has 0 spiro atoms.